The van der Waals surface area contributed by atoms with Crippen molar-refractivity contribution < 1.29 is 4.74 Å². The van der Waals surface area contributed by atoms with Gasteiger partial charge in [0.05, 0.1) is 6.07 Å². The summed E-state index contributed by atoms with van der Waals surface area (Å²) < 4.78 is 5.98. The van der Waals surface area contributed by atoms with Gasteiger partial charge < -0.3 is 10.1 Å². The lowest BCUT2D eigenvalue weighted by atomic mass is 9.81. The molecule has 1 saturated carbocycles. The van der Waals surface area contributed by atoms with Gasteiger partial charge in [0.15, 0.2) is 0 Å². The molecule has 0 amide bonds. The van der Waals surface area contributed by atoms with Crippen LogP contribution in [0.4, 0.5) is 0 Å². The molecule has 0 aliphatic heterocycles. The molecule has 1 aromatic carbocycles. The number of hydrogen-bond acceptors (Lipinski definition) is 3. The van der Waals surface area contributed by atoms with E-state index in [2.05, 4.69) is 18.3 Å². The average molecular weight is 244 g/mol. The Bertz CT molecular complexity index is 435. The van der Waals surface area contributed by atoms with Gasteiger partial charge in [0.25, 0.3) is 0 Å². The fourth-order valence-corrected chi connectivity index (χ4v) is 2.52. The van der Waals surface area contributed by atoms with E-state index in [1.807, 2.05) is 31.3 Å². The lowest BCUT2D eigenvalue weighted by Gasteiger charge is -2.35. The second-order valence-electron chi connectivity index (χ2n) is 5.09. The molecule has 1 aliphatic rings. The first-order valence-electron chi connectivity index (χ1n) is 6.51. The molecule has 0 spiro atoms. The highest BCUT2D eigenvalue weighted by Gasteiger charge is 2.36. The highest BCUT2D eigenvalue weighted by molar-refractivity contribution is 5.26. The monoisotopic (exact) mass is 244 g/mol. The van der Waals surface area contributed by atoms with E-state index in [4.69, 9.17) is 4.74 Å². The lowest BCUT2D eigenvalue weighted by Crippen LogP contribution is -2.48. The standard InChI is InChI=1S/C15H20N2O/c1-12-5-7-13(8-6-12)18-14-4-3-9-15(10-14,11-16)17-2/h5-8,14,17H,3-4,9-10H2,1-2H3. The van der Waals surface area contributed by atoms with Crippen molar-refractivity contribution in [1.82, 2.24) is 5.32 Å². The quantitative estimate of drug-likeness (QED) is 0.889. The predicted octanol–water partition coefficient (Wildman–Crippen LogP) is 2.80. The Morgan fingerprint density at radius 2 is 2.11 bits per heavy atom. The Balaban J connectivity index is 2.02. The first kappa shape index (κ1) is 12.9. The summed E-state index contributed by atoms with van der Waals surface area (Å²) in [5.74, 6) is 0.899. The minimum atomic E-state index is -0.409. The number of hydrogen-bond donors (Lipinski definition) is 1. The van der Waals surface area contributed by atoms with Crippen LogP contribution in [0.2, 0.25) is 0 Å². The third-order valence-electron chi connectivity index (χ3n) is 3.72. The SMILES string of the molecule is CNC1(C#N)CCCC(Oc2ccc(C)cc2)C1. The van der Waals surface area contributed by atoms with Gasteiger partial charge in [0, 0.05) is 6.42 Å². The Labute approximate surface area is 109 Å². The van der Waals surface area contributed by atoms with E-state index < -0.39 is 5.54 Å². The van der Waals surface area contributed by atoms with Crippen molar-refractivity contribution >= 4 is 0 Å². The van der Waals surface area contributed by atoms with Crippen LogP contribution in [0.25, 0.3) is 0 Å². The van der Waals surface area contributed by atoms with E-state index in [9.17, 15) is 5.26 Å². The van der Waals surface area contributed by atoms with E-state index >= 15 is 0 Å². The second-order valence-corrected chi connectivity index (χ2v) is 5.09. The highest BCUT2D eigenvalue weighted by atomic mass is 16.5. The zero-order valence-corrected chi connectivity index (χ0v) is 11.1. The molecule has 1 aromatic rings. The molecule has 0 heterocycles. The van der Waals surface area contributed by atoms with Crippen molar-refractivity contribution in [2.45, 2.75) is 44.2 Å². The summed E-state index contributed by atoms with van der Waals surface area (Å²) >= 11 is 0. The molecule has 2 unspecified atom stereocenters. The zero-order valence-electron chi connectivity index (χ0n) is 11.1. The Morgan fingerprint density at radius 1 is 1.39 bits per heavy atom. The van der Waals surface area contributed by atoms with Crippen LogP contribution in [0, 0.1) is 18.3 Å². The number of benzene rings is 1. The normalized spacial score (nSPS) is 27.5. The number of nitrogens with zero attached hydrogens (tertiary/aromatic N) is 1. The van der Waals surface area contributed by atoms with Gasteiger partial charge in [-0.15, -0.1) is 0 Å². The van der Waals surface area contributed by atoms with Gasteiger partial charge in [-0.25, -0.2) is 0 Å². The molecule has 0 aromatic heterocycles. The van der Waals surface area contributed by atoms with Crippen molar-refractivity contribution in [1.29, 1.82) is 5.26 Å². The molecule has 18 heavy (non-hydrogen) atoms. The molecular formula is C15H20N2O. The smallest absolute Gasteiger partial charge is 0.119 e. The van der Waals surface area contributed by atoms with Gasteiger partial charge in [-0.1, -0.05) is 17.7 Å². The number of rotatable bonds is 3. The number of ether oxygens (including phenoxy) is 1. The molecule has 1 N–H and O–H groups in total. The maximum absolute atomic E-state index is 9.29. The van der Waals surface area contributed by atoms with Crippen LogP contribution in [0.3, 0.4) is 0 Å². The Hall–Kier alpha value is -1.53. The van der Waals surface area contributed by atoms with Crippen LogP contribution in [0.15, 0.2) is 24.3 Å². The van der Waals surface area contributed by atoms with Crippen LogP contribution < -0.4 is 10.1 Å². The summed E-state index contributed by atoms with van der Waals surface area (Å²) in [5, 5.41) is 12.4. The summed E-state index contributed by atoms with van der Waals surface area (Å²) in [5.41, 5.74) is 0.820. The molecule has 1 aliphatic carbocycles. The summed E-state index contributed by atoms with van der Waals surface area (Å²) in [6.07, 6.45) is 3.86. The average Bonchev–Trinajstić information content (AvgIpc) is 2.41. The van der Waals surface area contributed by atoms with E-state index in [0.29, 0.717) is 0 Å². The number of aryl methyl sites for hydroxylation is 1. The molecule has 3 heteroatoms. The van der Waals surface area contributed by atoms with Crippen molar-refractivity contribution in [3.8, 4) is 11.8 Å². The minimum absolute atomic E-state index is 0.133. The highest BCUT2D eigenvalue weighted by Crippen LogP contribution is 2.30. The fraction of sp³-hybridized carbons (Fsp3) is 0.533. The van der Waals surface area contributed by atoms with Gasteiger partial charge >= 0.3 is 0 Å². The fourth-order valence-electron chi connectivity index (χ4n) is 2.52. The van der Waals surface area contributed by atoms with Crippen LogP contribution in [-0.2, 0) is 0 Å². The van der Waals surface area contributed by atoms with Crippen molar-refractivity contribution in [3.63, 3.8) is 0 Å². The molecule has 1 fully saturated rings. The summed E-state index contributed by atoms with van der Waals surface area (Å²) in [4.78, 5) is 0. The van der Waals surface area contributed by atoms with E-state index in [0.717, 1.165) is 31.4 Å². The third kappa shape index (κ3) is 2.83. The maximum Gasteiger partial charge on any atom is 0.119 e. The van der Waals surface area contributed by atoms with Gasteiger partial charge in [-0.2, -0.15) is 5.26 Å². The molecule has 0 saturated heterocycles. The summed E-state index contributed by atoms with van der Waals surface area (Å²) in [7, 11) is 1.86. The topological polar surface area (TPSA) is 45.0 Å². The predicted molar refractivity (Wildman–Crippen MR) is 71.5 cm³/mol. The van der Waals surface area contributed by atoms with Crippen LogP contribution in [0.1, 0.15) is 31.2 Å². The second kappa shape index (κ2) is 5.41. The molecular weight excluding hydrogens is 224 g/mol. The lowest BCUT2D eigenvalue weighted by molar-refractivity contribution is 0.116. The van der Waals surface area contributed by atoms with Gasteiger partial charge in [-0.3, -0.25) is 0 Å². The zero-order chi connectivity index (χ0) is 13.0. The van der Waals surface area contributed by atoms with Crippen LogP contribution >= 0.6 is 0 Å². The minimum Gasteiger partial charge on any atom is -0.490 e. The third-order valence-corrected chi connectivity index (χ3v) is 3.72. The molecule has 0 bridgehead atoms. The van der Waals surface area contributed by atoms with Gasteiger partial charge in [0.1, 0.15) is 17.4 Å². The van der Waals surface area contributed by atoms with E-state index in [1.54, 1.807) is 0 Å². The molecule has 96 valence electrons. The molecule has 3 nitrogen and oxygen atoms in total. The molecule has 0 radical (unpaired) electrons. The number of nitriles is 1. The van der Waals surface area contributed by atoms with Crippen molar-refractivity contribution in [2.75, 3.05) is 7.05 Å². The van der Waals surface area contributed by atoms with Gasteiger partial charge in [0.2, 0.25) is 0 Å². The largest absolute Gasteiger partial charge is 0.490 e. The van der Waals surface area contributed by atoms with E-state index in [-0.39, 0.29) is 6.10 Å². The van der Waals surface area contributed by atoms with E-state index in [1.165, 1.54) is 5.56 Å². The van der Waals surface area contributed by atoms with Crippen molar-refractivity contribution in [3.05, 3.63) is 29.8 Å². The first-order chi connectivity index (χ1) is 8.67. The molecule has 2 rings (SSSR count). The van der Waals surface area contributed by atoms with Gasteiger partial charge in [-0.05, 0) is 45.4 Å². The summed E-state index contributed by atoms with van der Waals surface area (Å²) in [6.45, 7) is 2.06. The van der Waals surface area contributed by atoms with Crippen LogP contribution in [0.5, 0.6) is 5.75 Å². The molecule has 2 atom stereocenters. The van der Waals surface area contributed by atoms with Crippen LogP contribution in [-0.4, -0.2) is 18.7 Å². The Kier molecular flexibility index (Phi) is 3.88. The maximum atomic E-state index is 9.29. The Morgan fingerprint density at radius 3 is 2.72 bits per heavy atom. The number of nitrogens with one attached hydrogen (secondary N) is 1. The first-order valence-corrected chi connectivity index (χ1v) is 6.51. The summed E-state index contributed by atoms with van der Waals surface area (Å²) in [6, 6.07) is 10.5. The van der Waals surface area contributed by atoms with Crippen molar-refractivity contribution in [2.24, 2.45) is 0 Å².